The average Bonchev–Trinajstić information content (AvgIpc) is 2.75. The van der Waals surface area contributed by atoms with E-state index in [0.717, 1.165) is 0 Å². The number of hydrogen-bond acceptors (Lipinski definition) is 3. The highest BCUT2D eigenvalue weighted by Crippen LogP contribution is 2.20. The molecule has 1 aromatic rings. The molecular weight excluding hydrogens is 244 g/mol. The Kier molecular flexibility index (Phi) is 3.66. The van der Waals surface area contributed by atoms with Gasteiger partial charge < -0.3 is 16.2 Å². The van der Waals surface area contributed by atoms with E-state index < -0.39 is 5.97 Å². The maximum absolute atomic E-state index is 12.0. The van der Waals surface area contributed by atoms with Gasteiger partial charge in [-0.3, -0.25) is 4.79 Å². The van der Waals surface area contributed by atoms with Crippen molar-refractivity contribution in [2.24, 2.45) is 11.7 Å². The van der Waals surface area contributed by atoms with Crippen molar-refractivity contribution in [3.8, 4) is 0 Å². The van der Waals surface area contributed by atoms with Gasteiger partial charge in [0.15, 0.2) is 0 Å². The second-order valence-corrected chi connectivity index (χ2v) is 4.72. The average molecular weight is 260 g/mol. The number of aromatic carboxylic acids is 1. The fourth-order valence-electron chi connectivity index (χ4n) is 2.14. The van der Waals surface area contributed by atoms with E-state index in [1.54, 1.807) is 25.1 Å². The highest BCUT2D eigenvalue weighted by atomic mass is 16.4. The highest BCUT2D eigenvalue weighted by molar-refractivity contribution is 5.95. The first-order valence-corrected chi connectivity index (χ1v) is 6.06. The maximum atomic E-state index is 12.0. The van der Waals surface area contributed by atoms with Gasteiger partial charge in [-0.1, -0.05) is 12.2 Å². The Morgan fingerprint density at radius 1 is 1.37 bits per heavy atom. The number of benzene rings is 1. The predicted octanol–water partition coefficient (Wildman–Crippen LogP) is 1.54. The molecule has 0 aliphatic heterocycles. The summed E-state index contributed by atoms with van der Waals surface area (Å²) in [5.41, 5.74) is 7.15. The number of carboxylic acid groups (broad SMARTS) is 1. The van der Waals surface area contributed by atoms with Gasteiger partial charge in [0.25, 0.3) is 0 Å². The molecule has 0 bridgehead atoms. The van der Waals surface area contributed by atoms with E-state index in [2.05, 4.69) is 5.32 Å². The summed E-state index contributed by atoms with van der Waals surface area (Å²) >= 11 is 0. The smallest absolute Gasteiger partial charge is 0.335 e. The third-order valence-corrected chi connectivity index (χ3v) is 3.18. The Morgan fingerprint density at radius 2 is 2.11 bits per heavy atom. The molecule has 1 aliphatic rings. The van der Waals surface area contributed by atoms with E-state index in [1.807, 2.05) is 6.08 Å². The van der Waals surface area contributed by atoms with Crippen molar-refractivity contribution in [2.75, 3.05) is 5.32 Å². The molecule has 1 aromatic carbocycles. The third kappa shape index (κ3) is 3.00. The van der Waals surface area contributed by atoms with Crippen LogP contribution in [0.25, 0.3) is 0 Å². The Hall–Kier alpha value is -2.14. The van der Waals surface area contributed by atoms with Gasteiger partial charge in [-0.2, -0.15) is 0 Å². The standard InChI is InChI=1S/C14H16N2O3/c1-8-6-11(4-5-12(8)14(18)19)16-13(17)9-2-3-10(15)7-9/h2-6,9-10H,7,15H2,1H3,(H,16,17)(H,18,19). The molecule has 2 unspecified atom stereocenters. The summed E-state index contributed by atoms with van der Waals surface area (Å²) in [6.07, 6.45) is 4.24. The summed E-state index contributed by atoms with van der Waals surface area (Å²) in [5.74, 6) is -1.30. The van der Waals surface area contributed by atoms with Crippen LogP contribution in [0.2, 0.25) is 0 Å². The van der Waals surface area contributed by atoms with Crippen molar-refractivity contribution < 1.29 is 14.7 Å². The second-order valence-electron chi connectivity index (χ2n) is 4.72. The van der Waals surface area contributed by atoms with E-state index in [1.165, 1.54) is 6.07 Å². The molecule has 5 nitrogen and oxygen atoms in total. The molecule has 0 saturated carbocycles. The van der Waals surface area contributed by atoms with E-state index in [-0.39, 0.29) is 23.4 Å². The summed E-state index contributed by atoms with van der Waals surface area (Å²) in [6, 6.07) is 4.67. The molecule has 1 amide bonds. The number of rotatable bonds is 3. The van der Waals surface area contributed by atoms with Crippen molar-refractivity contribution in [1.82, 2.24) is 0 Å². The lowest BCUT2D eigenvalue weighted by atomic mass is 10.1. The Bertz CT molecular complexity index is 552. The molecule has 0 aromatic heterocycles. The van der Waals surface area contributed by atoms with E-state index >= 15 is 0 Å². The van der Waals surface area contributed by atoms with Crippen LogP contribution in [0.5, 0.6) is 0 Å². The summed E-state index contributed by atoms with van der Waals surface area (Å²) in [7, 11) is 0. The molecule has 0 fully saturated rings. The summed E-state index contributed by atoms with van der Waals surface area (Å²) in [6.45, 7) is 1.70. The van der Waals surface area contributed by atoms with Crippen molar-refractivity contribution in [3.05, 3.63) is 41.5 Å². The highest BCUT2D eigenvalue weighted by Gasteiger charge is 2.22. The number of amides is 1. The van der Waals surface area contributed by atoms with Crippen LogP contribution in [0.15, 0.2) is 30.4 Å². The summed E-state index contributed by atoms with van der Waals surface area (Å²) in [4.78, 5) is 22.8. The van der Waals surface area contributed by atoms with Gasteiger partial charge in [-0.25, -0.2) is 4.79 Å². The second kappa shape index (κ2) is 5.24. The topological polar surface area (TPSA) is 92.4 Å². The molecule has 2 rings (SSSR count). The van der Waals surface area contributed by atoms with Gasteiger partial charge in [0.1, 0.15) is 0 Å². The van der Waals surface area contributed by atoms with Crippen LogP contribution in [-0.4, -0.2) is 23.0 Å². The molecule has 0 heterocycles. The van der Waals surface area contributed by atoms with Crippen LogP contribution in [0.1, 0.15) is 22.3 Å². The SMILES string of the molecule is Cc1cc(NC(=O)C2C=CC(N)C2)ccc1C(=O)O. The van der Waals surface area contributed by atoms with Crippen molar-refractivity contribution in [2.45, 2.75) is 19.4 Å². The van der Waals surface area contributed by atoms with Gasteiger partial charge in [0.05, 0.1) is 11.5 Å². The Balaban J connectivity index is 2.08. The zero-order valence-corrected chi connectivity index (χ0v) is 10.6. The minimum Gasteiger partial charge on any atom is -0.478 e. The first-order valence-electron chi connectivity index (χ1n) is 6.06. The normalized spacial score (nSPS) is 21.4. The van der Waals surface area contributed by atoms with Crippen LogP contribution in [-0.2, 0) is 4.79 Å². The van der Waals surface area contributed by atoms with Gasteiger partial charge in [0.2, 0.25) is 5.91 Å². The molecule has 0 radical (unpaired) electrons. The quantitative estimate of drug-likeness (QED) is 0.719. The molecule has 0 saturated heterocycles. The largest absolute Gasteiger partial charge is 0.478 e. The van der Waals surface area contributed by atoms with Crippen LogP contribution >= 0.6 is 0 Å². The van der Waals surface area contributed by atoms with Crippen molar-refractivity contribution in [1.29, 1.82) is 0 Å². The fraction of sp³-hybridized carbons (Fsp3) is 0.286. The number of carbonyl (C=O) groups is 2. The lowest BCUT2D eigenvalue weighted by molar-refractivity contribution is -0.118. The summed E-state index contributed by atoms with van der Waals surface area (Å²) in [5, 5.41) is 11.7. The van der Waals surface area contributed by atoms with E-state index in [9.17, 15) is 9.59 Å². The number of hydrogen-bond donors (Lipinski definition) is 3. The summed E-state index contributed by atoms with van der Waals surface area (Å²) < 4.78 is 0. The third-order valence-electron chi connectivity index (χ3n) is 3.18. The Morgan fingerprint density at radius 3 is 2.63 bits per heavy atom. The predicted molar refractivity (Wildman–Crippen MR) is 72.0 cm³/mol. The zero-order chi connectivity index (χ0) is 14.0. The number of aryl methyl sites for hydroxylation is 1. The molecule has 4 N–H and O–H groups in total. The number of anilines is 1. The number of carboxylic acids is 1. The lowest BCUT2D eigenvalue weighted by Crippen LogP contribution is -2.24. The van der Waals surface area contributed by atoms with Crippen molar-refractivity contribution in [3.63, 3.8) is 0 Å². The van der Waals surface area contributed by atoms with E-state index in [4.69, 9.17) is 10.8 Å². The molecule has 100 valence electrons. The van der Waals surface area contributed by atoms with E-state index in [0.29, 0.717) is 17.7 Å². The molecular formula is C14H16N2O3. The maximum Gasteiger partial charge on any atom is 0.335 e. The fourth-order valence-corrected chi connectivity index (χ4v) is 2.14. The molecule has 5 heteroatoms. The van der Waals surface area contributed by atoms with Crippen LogP contribution in [0.4, 0.5) is 5.69 Å². The van der Waals surface area contributed by atoms with Gasteiger partial charge >= 0.3 is 5.97 Å². The van der Waals surface area contributed by atoms with Gasteiger partial charge in [-0.15, -0.1) is 0 Å². The molecule has 0 spiro atoms. The number of carbonyl (C=O) groups excluding carboxylic acids is 1. The van der Waals surface area contributed by atoms with Crippen molar-refractivity contribution >= 4 is 17.6 Å². The zero-order valence-electron chi connectivity index (χ0n) is 10.6. The first-order chi connectivity index (χ1) is 8.97. The minimum atomic E-state index is -0.972. The van der Waals surface area contributed by atoms with Crippen LogP contribution in [0, 0.1) is 12.8 Å². The molecule has 2 atom stereocenters. The van der Waals surface area contributed by atoms with Crippen LogP contribution in [0.3, 0.4) is 0 Å². The van der Waals surface area contributed by atoms with Gasteiger partial charge in [-0.05, 0) is 37.1 Å². The van der Waals surface area contributed by atoms with Crippen LogP contribution < -0.4 is 11.1 Å². The lowest BCUT2D eigenvalue weighted by Gasteiger charge is -2.11. The molecule has 19 heavy (non-hydrogen) atoms. The van der Waals surface area contributed by atoms with Gasteiger partial charge in [0, 0.05) is 11.7 Å². The monoisotopic (exact) mass is 260 g/mol. The first kappa shape index (κ1) is 13.3. The number of nitrogens with one attached hydrogen (secondary N) is 1. The minimum absolute atomic E-state index is 0.0631. The number of nitrogens with two attached hydrogens (primary N) is 1. The Labute approximate surface area is 111 Å². The molecule has 1 aliphatic carbocycles.